The monoisotopic (exact) mass is 434 g/mol. The standard InChI is InChI=1S/C23H19FN4O4/c1-15-5-2-8-18(11-15)28-23(31)27(14-16-6-3-7-17(24)12-16)22(30)20(26-28)21(29)25-13-19-9-4-10-32-19/h2-12H,13-14H2,1H3,(H,25,29). The van der Waals surface area contributed by atoms with Crippen LogP contribution in [0.15, 0.2) is 80.9 Å². The van der Waals surface area contributed by atoms with Crippen molar-refractivity contribution in [3.8, 4) is 5.69 Å². The van der Waals surface area contributed by atoms with Gasteiger partial charge in [0.25, 0.3) is 11.5 Å². The third-order valence-corrected chi connectivity index (χ3v) is 4.75. The molecule has 0 atom stereocenters. The molecule has 4 rings (SSSR count). The third-order valence-electron chi connectivity index (χ3n) is 4.75. The Morgan fingerprint density at radius 3 is 2.62 bits per heavy atom. The summed E-state index contributed by atoms with van der Waals surface area (Å²) in [5.74, 6) is -0.772. The summed E-state index contributed by atoms with van der Waals surface area (Å²) in [5, 5.41) is 6.63. The van der Waals surface area contributed by atoms with Crippen LogP contribution in [0.2, 0.25) is 0 Å². The second kappa shape index (κ2) is 8.84. The van der Waals surface area contributed by atoms with Crippen LogP contribution in [0.4, 0.5) is 4.39 Å². The van der Waals surface area contributed by atoms with Gasteiger partial charge in [-0.2, -0.15) is 9.78 Å². The van der Waals surface area contributed by atoms with E-state index >= 15 is 0 Å². The number of nitrogens with zero attached hydrogens (tertiary/aromatic N) is 3. The van der Waals surface area contributed by atoms with Crippen LogP contribution in [0.5, 0.6) is 0 Å². The van der Waals surface area contributed by atoms with E-state index in [1.165, 1.54) is 24.5 Å². The molecule has 8 nitrogen and oxygen atoms in total. The highest BCUT2D eigenvalue weighted by molar-refractivity contribution is 5.91. The average molecular weight is 434 g/mol. The molecule has 0 aliphatic carbocycles. The summed E-state index contributed by atoms with van der Waals surface area (Å²) in [4.78, 5) is 39.0. The van der Waals surface area contributed by atoms with Crippen LogP contribution in [-0.4, -0.2) is 20.3 Å². The maximum Gasteiger partial charge on any atom is 0.352 e. The Bertz CT molecular complexity index is 1390. The number of amides is 1. The van der Waals surface area contributed by atoms with Gasteiger partial charge in [-0.15, -0.1) is 0 Å². The van der Waals surface area contributed by atoms with Crippen LogP contribution in [0.3, 0.4) is 0 Å². The lowest BCUT2D eigenvalue weighted by molar-refractivity contribution is 0.0938. The number of hydrogen-bond acceptors (Lipinski definition) is 5. The Kier molecular flexibility index (Phi) is 5.80. The summed E-state index contributed by atoms with van der Waals surface area (Å²) in [7, 11) is 0. The highest BCUT2D eigenvalue weighted by Crippen LogP contribution is 2.08. The zero-order valence-corrected chi connectivity index (χ0v) is 17.1. The zero-order chi connectivity index (χ0) is 22.7. The van der Waals surface area contributed by atoms with E-state index in [0.29, 0.717) is 17.0 Å². The molecule has 2 heterocycles. The van der Waals surface area contributed by atoms with Crippen LogP contribution in [0.1, 0.15) is 27.4 Å². The largest absolute Gasteiger partial charge is 0.467 e. The first-order valence-electron chi connectivity index (χ1n) is 9.78. The van der Waals surface area contributed by atoms with Crippen molar-refractivity contribution in [3.63, 3.8) is 0 Å². The summed E-state index contributed by atoms with van der Waals surface area (Å²) in [5.41, 5.74) is -0.430. The molecule has 162 valence electrons. The minimum Gasteiger partial charge on any atom is -0.467 e. The van der Waals surface area contributed by atoms with Gasteiger partial charge in [-0.1, -0.05) is 24.3 Å². The first-order valence-corrected chi connectivity index (χ1v) is 9.78. The Morgan fingerprint density at radius 2 is 1.91 bits per heavy atom. The number of carbonyl (C=O) groups is 1. The molecule has 0 saturated heterocycles. The molecule has 9 heteroatoms. The van der Waals surface area contributed by atoms with Gasteiger partial charge in [0.1, 0.15) is 11.6 Å². The molecule has 0 aliphatic heterocycles. The van der Waals surface area contributed by atoms with Crippen molar-refractivity contribution in [2.24, 2.45) is 0 Å². The molecule has 1 N–H and O–H groups in total. The van der Waals surface area contributed by atoms with Crippen molar-refractivity contribution in [2.45, 2.75) is 20.0 Å². The van der Waals surface area contributed by atoms with E-state index in [9.17, 15) is 18.8 Å². The van der Waals surface area contributed by atoms with Gasteiger partial charge in [0.05, 0.1) is 25.0 Å². The van der Waals surface area contributed by atoms with Gasteiger partial charge in [-0.25, -0.2) is 9.18 Å². The zero-order valence-electron chi connectivity index (χ0n) is 17.1. The van der Waals surface area contributed by atoms with Crippen LogP contribution < -0.4 is 16.6 Å². The SMILES string of the molecule is Cc1cccc(-n2nc(C(=O)NCc3ccco3)c(=O)n(Cc3cccc(F)c3)c2=O)c1. The van der Waals surface area contributed by atoms with Crippen LogP contribution in [0.25, 0.3) is 5.69 Å². The minimum atomic E-state index is -0.875. The molecule has 0 radical (unpaired) electrons. The van der Waals surface area contributed by atoms with Gasteiger partial charge in [0.15, 0.2) is 0 Å². The van der Waals surface area contributed by atoms with Crippen LogP contribution in [0, 0.1) is 12.7 Å². The first kappa shape index (κ1) is 21.0. The molecule has 0 bridgehead atoms. The van der Waals surface area contributed by atoms with E-state index in [2.05, 4.69) is 10.4 Å². The lowest BCUT2D eigenvalue weighted by Gasteiger charge is -2.12. The Morgan fingerprint density at radius 1 is 1.09 bits per heavy atom. The molecular formula is C23H19FN4O4. The molecule has 0 aliphatic rings. The number of carbonyl (C=O) groups excluding carboxylic acids is 1. The molecule has 32 heavy (non-hydrogen) atoms. The van der Waals surface area contributed by atoms with E-state index in [0.717, 1.165) is 14.8 Å². The molecule has 2 aromatic carbocycles. The Balaban J connectivity index is 1.81. The number of aryl methyl sites for hydroxylation is 1. The molecule has 0 spiro atoms. The second-order valence-corrected chi connectivity index (χ2v) is 7.17. The first-order chi connectivity index (χ1) is 15.4. The Labute approximate surface area is 181 Å². The lowest BCUT2D eigenvalue weighted by Crippen LogP contribution is -2.46. The molecule has 0 saturated carbocycles. The third kappa shape index (κ3) is 4.41. The van der Waals surface area contributed by atoms with E-state index < -0.39 is 28.7 Å². The van der Waals surface area contributed by atoms with Gasteiger partial charge in [-0.05, 0) is 54.4 Å². The molecule has 2 aromatic heterocycles. The molecule has 1 amide bonds. The lowest BCUT2D eigenvalue weighted by atomic mass is 10.2. The molecular weight excluding hydrogens is 415 g/mol. The summed E-state index contributed by atoms with van der Waals surface area (Å²) in [6.45, 7) is 1.66. The average Bonchev–Trinajstić information content (AvgIpc) is 3.29. The second-order valence-electron chi connectivity index (χ2n) is 7.17. The maximum atomic E-state index is 13.6. The summed E-state index contributed by atoms with van der Waals surface area (Å²) in [6, 6.07) is 15.8. The number of aromatic nitrogens is 3. The predicted octanol–water partition coefficient (Wildman–Crippen LogP) is 2.41. The van der Waals surface area contributed by atoms with Crippen molar-refractivity contribution in [1.29, 1.82) is 0 Å². The fourth-order valence-electron chi connectivity index (χ4n) is 3.21. The van der Waals surface area contributed by atoms with E-state index in [-0.39, 0.29) is 13.1 Å². The highest BCUT2D eigenvalue weighted by Gasteiger charge is 2.21. The van der Waals surface area contributed by atoms with E-state index in [4.69, 9.17) is 4.42 Å². The highest BCUT2D eigenvalue weighted by atomic mass is 19.1. The molecule has 0 fully saturated rings. The van der Waals surface area contributed by atoms with Crippen molar-refractivity contribution in [3.05, 3.63) is 116 Å². The van der Waals surface area contributed by atoms with E-state index in [1.807, 2.05) is 13.0 Å². The quantitative estimate of drug-likeness (QED) is 0.503. The van der Waals surface area contributed by atoms with Crippen molar-refractivity contribution in [1.82, 2.24) is 19.7 Å². The fraction of sp³-hybridized carbons (Fsp3) is 0.130. The van der Waals surface area contributed by atoms with Crippen molar-refractivity contribution < 1.29 is 13.6 Å². The number of hydrogen-bond donors (Lipinski definition) is 1. The van der Waals surface area contributed by atoms with Crippen LogP contribution >= 0.6 is 0 Å². The summed E-state index contributed by atoms with van der Waals surface area (Å²) >= 11 is 0. The number of nitrogens with one attached hydrogen (secondary N) is 1. The smallest absolute Gasteiger partial charge is 0.352 e. The van der Waals surface area contributed by atoms with Gasteiger partial charge in [0.2, 0.25) is 5.69 Å². The predicted molar refractivity (Wildman–Crippen MR) is 114 cm³/mol. The summed E-state index contributed by atoms with van der Waals surface area (Å²) < 4.78 is 20.7. The maximum absolute atomic E-state index is 13.6. The molecule has 4 aromatic rings. The normalized spacial score (nSPS) is 10.8. The van der Waals surface area contributed by atoms with E-state index in [1.54, 1.807) is 36.4 Å². The minimum absolute atomic E-state index is 0.0421. The molecule has 0 unspecified atom stereocenters. The number of furan rings is 1. The van der Waals surface area contributed by atoms with Gasteiger partial charge in [-0.3, -0.25) is 14.2 Å². The number of rotatable bonds is 6. The van der Waals surface area contributed by atoms with Crippen LogP contribution in [-0.2, 0) is 13.1 Å². The topological polar surface area (TPSA) is 99.1 Å². The van der Waals surface area contributed by atoms with Gasteiger partial charge >= 0.3 is 5.69 Å². The van der Waals surface area contributed by atoms with Crippen molar-refractivity contribution >= 4 is 5.91 Å². The number of benzene rings is 2. The Hall–Kier alpha value is -4.27. The van der Waals surface area contributed by atoms with Gasteiger partial charge < -0.3 is 9.73 Å². The number of halogens is 1. The fourth-order valence-corrected chi connectivity index (χ4v) is 3.21. The summed E-state index contributed by atoms with van der Waals surface area (Å²) in [6.07, 6.45) is 1.46. The van der Waals surface area contributed by atoms with Crippen molar-refractivity contribution in [2.75, 3.05) is 0 Å². The van der Waals surface area contributed by atoms with Gasteiger partial charge in [0, 0.05) is 0 Å².